The largest absolute Gasteiger partial charge is 0.504 e. The molecule has 0 aromatic heterocycles. The first kappa shape index (κ1) is 20.8. The van der Waals surface area contributed by atoms with Gasteiger partial charge in [-0.1, -0.05) is 24.3 Å². The molecule has 178 valence electrons. The van der Waals surface area contributed by atoms with E-state index in [4.69, 9.17) is 4.74 Å². The molecule has 0 unspecified atom stereocenters. The molecule has 0 amide bonds. The zero-order valence-electron chi connectivity index (χ0n) is 18.6. The highest BCUT2D eigenvalue weighted by Crippen LogP contribution is 2.66. The predicted molar refractivity (Wildman–Crippen MR) is 120 cm³/mol. The van der Waals surface area contributed by atoms with Gasteiger partial charge in [0, 0.05) is 18.2 Å². The molecule has 4 nitrogen and oxygen atoms in total. The Kier molecular flexibility index (Phi) is 4.03. The summed E-state index contributed by atoms with van der Waals surface area (Å²) in [5, 5.41) is 23.1. The normalized spacial score (nSPS) is 33.8. The number of alkyl halides is 3. The molecule has 2 aromatic rings. The van der Waals surface area contributed by atoms with Crippen molar-refractivity contribution in [3.8, 4) is 11.5 Å². The summed E-state index contributed by atoms with van der Waals surface area (Å²) in [6, 6.07) is 8.82. The van der Waals surface area contributed by atoms with Crippen LogP contribution >= 0.6 is 0 Å². The third kappa shape index (κ3) is 2.57. The van der Waals surface area contributed by atoms with E-state index in [1.807, 2.05) is 12.1 Å². The number of aromatic hydroxyl groups is 1. The Labute approximate surface area is 195 Å². The van der Waals surface area contributed by atoms with E-state index in [2.05, 4.69) is 4.90 Å². The topological polar surface area (TPSA) is 52.9 Å². The van der Waals surface area contributed by atoms with E-state index in [0.717, 1.165) is 30.3 Å². The zero-order chi connectivity index (χ0) is 23.5. The maximum Gasteiger partial charge on any atom is 0.416 e. The summed E-state index contributed by atoms with van der Waals surface area (Å²) in [4.78, 5) is 2.43. The summed E-state index contributed by atoms with van der Waals surface area (Å²) in [5.41, 5.74) is 0.431. The Bertz CT molecular complexity index is 1240. The first-order chi connectivity index (χ1) is 16.2. The monoisotopic (exact) mass is 469 g/mol. The van der Waals surface area contributed by atoms with Crippen LogP contribution in [0.2, 0.25) is 0 Å². The highest BCUT2D eigenvalue weighted by molar-refractivity contribution is 5.78. The van der Waals surface area contributed by atoms with Gasteiger partial charge in [-0.15, -0.1) is 0 Å². The Morgan fingerprint density at radius 2 is 1.97 bits per heavy atom. The van der Waals surface area contributed by atoms with Crippen molar-refractivity contribution in [3.63, 3.8) is 0 Å². The zero-order valence-corrected chi connectivity index (χ0v) is 18.6. The Hall–Kier alpha value is -2.51. The van der Waals surface area contributed by atoms with Gasteiger partial charge < -0.3 is 14.9 Å². The van der Waals surface area contributed by atoms with Crippen LogP contribution in [-0.2, 0) is 18.0 Å². The average Bonchev–Trinajstić information content (AvgIpc) is 3.54. The van der Waals surface area contributed by atoms with Gasteiger partial charge in [0.2, 0.25) is 0 Å². The van der Waals surface area contributed by atoms with Crippen molar-refractivity contribution in [2.75, 3.05) is 13.1 Å². The predicted octanol–water partition coefficient (Wildman–Crippen LogP) is 4.67. The minimum atomic E-state index is -4.45. The second-order valence-corrected chi connectivity index (χ2v) is 10.7. The van der Waals surface area contributed by atoms with Crippen LogP contribution in [0.3, 0.4) is 0 Å². The van der Waals surface area contributed by atoms with E-state index in [9.17, 15) is 23.4 Å². The summed E-state index contributed by atoms with van der Waals surface area (Å²) in [7, 11) is 0. The van der Waals surface area contributed by atoms with E-state index in [0.29, 0.717) is 42.1 Å². The number of benzene rings is 2. The van der Waals surface area contributed by atoms with Gasteiger partial charge in [-0.2, -0.15) is 13.2 Å². The molecule has 2 heterocycles. The molecule has 5 aliphatic rings. The number of likely N-dealkylation sites (tertiary alicyclic amines) is 1. The van der Waals surface area contributed by atoms with Crippen molar-refractivity contribution < 1.29 is 28.1 Å². The fourth-order valence-corrected chi connectivity index (χ4v) is 7.25. The van der Waals surface area contributed by atoms with Gasteiger partial charge in [0.1, 0.15) is 6.10 Å². The summed E-state index contributed by atoms with van der Waals surface area (Å²) in [6.45, 7) is 1.77. The second-order valence-electron chi connectivity index (χ2n) is 10.7. The second kappa shape index (κ2) is 6.58. The van der Waals surface area contributed by atoms with E-state index in [-0.39, 0.29) is 11.8 Å². The average molecular weight is 470 g/mol. The van der Waals surface area contributed by atoms with Crippen molar-refractivity contribution in [3.05, 3.63) is 64.7 Å². The number of ether oxygens (including phenoxy) is 1. The number of phenols is 1. The molecule has 2 N–H and O–H groups in total. The fourth-order valence-electron chi connectivity index (χ4n) is 7.25. The van der Waals surface area contributed by atoms with Crippen LogP contribution in [0.15, 0.2) is 42.5 Å². The molecule has 1 saturated carbocycles. The lowest BCUT2D eigenvalue weighted by Gasteiger charge is -2.62. The standard InChI is InChI=1S/C27H26F3NO3/c28-27(29,30)18-3-1-2-16(12-18)19-8-9-26(33)21-13-17-6-7-20(32)23-22(17)25(26,24(19)34-23)10-11-31(21)14-15-4-5-15/h1-3,6-8,12,15,21,24,32-33H,4-5,9-11,13-14H2/t21-,24+,25+,26-/m1/s1. The molecule has 7 rings (SSSR count). The van der Waals surface area contributed by atoms with Gasteiger partial charge in [-0.3, -0.25) is 4.90 Å². The summed E-state index contributed by atoms with van der Waals surface area (Å²) < 4.78 is 46.9. The van der Waals surface area contributed by atoms with Crippen molar-refractivity contribution >= 4 is 5.57 Å². The van der Waals surface area contributed by atoms with Crippen LogP contribution in [0.4, 0.5) is 13.2 Å². The molecule has 2 aromatic carbocycles. The molecule has 1 spiro atoms. The highest BCUT2D eigenvalue weighted by Gasteiger charge is 2.71. The van der Waals surface area contributed by atoms with Crippen molar-refractivity contribution in [1.82, 2.24) is 4.90 Å². The van der Waals surface area contributed by atoms with E-state index in [1.165, 1.54) is 25.0 Å². The minimum absolute atomic E-state index is 0.0205. The third-order valence-corrected chi connectivity index (χ3v) is 8.95. The number of hydrogen-bond donors (Lipinski definition) is 2. The Balaban J connectivity index is 1.41. The van der Waals surface area contributed by atoms with Crippen LogP contribution < -0.4 is 4.74 Å². The molecule has 2 fully saturated rings. The molecule has 4 atom stereocenters. The molecule has 7 heteroatoms. The molecular weight excluding hydrogens is 443 g/mol. The Morgan fingerprint density at radius 1 is 1.15 bits per heavy atom. The lowest BCUT2D eigenvalue weighted by molar-refractivity contribution is -0.159. The van der Waals surface area contributed by atoms with Crippen LogP contribution in [0.1, 0.15) is 47.9 Å². The van der Waals surface area contributed by atoms with E-state index < -0.39 is 28.9 Å². The van der Waals surface area contributed by atoms with Crippen LogP contribution in [-0.4, -0.2) is 45.9 Å². The number of halogens is 3. The number of nitrogens with zero attached hydrogens (tertiary/aromatic N) is 1. The highest BCUT2D eigenvalue weighted by atomic mass is 19.4. The first-order valence-corrected chi connectivity index (χ1v) is 12.1. The van der Waals surface area contributed by atoms with Gasteiger partial charge in [-0.25, -0.2) is 0 Å². The molecule has 0 radical (unpaired) electrons. The van der Waals surface area contributed by atoms with Crippen LogP contribution in [0.25, 0.3) is 5.57 Å². The molecule has 1 saturated heterocycles. The number of hydrogen-bond acceptors (Lipinski definition) is 4. The SMILES string of the molecule is Oc1ccc2c3c1O[C@H]1C(c4cccc(C(F)(F)F)c4)=CC[C@@]4(O)[C@@H](C2)N(CC2CC2)CC[C@]314. The number of aliphatic hydroxyl groups is 1. The molecule has 2 bridgehead atoms. The van der Waals surface area contributed by atoms with Crippen LogP contribution in [0.5, 0.6) is 11.5 Å². The van der Waals surface area contributed by atoms with E-state index in [1.54, 1.807) is 12.1 Å². The van der Waals surface area contributed by atoms with E-state index >= 15 is 0 Å². The maximum atomic E-state index is 13.5. The van der Waals surface area contributed by atoms with Gasteiger partial charge in [0.25, 0.3) is 0 Å². The Morgan fingerprint density at radius 3 is 2.74 bits per heavy atom. The lowest BCUT2D eigenvalue weighted by atomic mass is 9.49. The van der Waals surface area contributed by atoms with Crippen molar-refractivity contribution in [1.29, 1.82) is 0 Å². The van der Waals surface area contributed by atoms with Gasteiger partial charge >= 0.3 is 6.18 Å². The molecule has 34 heavy (non-hydrogen) atoms. The molecule has 3 aliphatic carbocycles. The van der Waals surface area contributed by atoms with Gasteiger partial charge in [0.05, 0.1) is 16.6 Å². The van der Waals surface area contributed by atoms with Crippen molar-refractivity contribution in [2.24, 2.45) is 5.92 Å². The summed E-state index contributed by atoms with van der Waals surface area (Å²) in [6.07, 6.45) is 0.896. The molecular formula is C27H26F3NO3. The number of phenolic OH excluding ortho intramolecular Hbond substituents is 1. The van der Waals surface area contributed by atoms with Gasteiger partial charge in [0.15, 0.2) is 11.5 Å². The lowest BCUT2D eigenvalue weighted by Crippen LogP contribution is -2.74. The minimum Gasteiger partial charge on any atom is -0.504 e. The quantitative estimate of drug-likeness (QED) is 0.686. The summed E-state index contributed by atoms with van der Waals surface area (Å²) >= 11 is 0. The van der Waals surface area contributed by atoms with Crippen LogP contribution in [0, 0.1) is 5.92 Å². The van der Waals surface area contributed by atoms with Gasteiger partial charge in [-0.05, 0) is 79.5 Å². The molecule has 2 aliphatic heterocycles. The maximum absolute atomic E-state index is 13.5. The number of piperidine rings is 1. The fraction of sp³-hybridized carbons (Fsp3) is 0.481. The third-order valence-electron chi connectivity index (χ3n) is 8.95. The van der Waals surface area contributed by atoms with Crippen molar-refractivity contribution in [2.45, 2.75) is 61.4 Å². The first-order valence-electron chi connectivity index (χ1n) is 12.1. The summed E-state index contributed by atoms with van der Waals surface area (Å²) in [5.74, 6) is 1.09. The number of rotatable bonds is 3. The smallest absolute Gasteiger partial charge is 0.416 e.